The van der Waals surface area contributed by atoms with Crippen molar-refractivity contribution < 1.29 is 9.47 Å². The molecule has 4 heteroatoms. The van der Waals surface area contributed by atoms with Crippen molar-refractivity contribution in [3.63, 3.8) is 0 Å². The lowest BCUT2D eigenvalue weighted by molar-refractivity contribution is 0.296. The molecule has 0 aliphatic heterocycles. The van der Waals surface area contributed by atoms with Gasteiger partial charge in [0.15, 0.2) is 11.5 Å². The van der Waals surface area contributed by atoms with Crippen molar-refractivity contribution >= 4 is 15.9 Å². The van der Waals surface area contributed by atoms with E-state index in [9.17, 15) is 0 Å². The fraction of sp³-hybridized carbons (Fsp3) is 0.625. The van der Waals surface area contributed by atoms with Crippen LogP contribution >= 0.6 is 15.9 Å². The van der Waals surface area contributed by atoms with E-state index in [-0.39, 0.29) is 5.54 Å². The Labute approximate surface area is 130 Å². The summed E-state index contributed by atoms with van der Waals surface area (Å²) in [6.45, 7) is 2.14. The van der Waals surface area contributed by atoms with Crippen LogP contribution in [0.1, 0.15) is 50.2 Å². The third-order valence-electron chi connectivity index (χ3n) is 4.34. The van der Waals surface area contributed by atoms with Crippen LogP contribution in [0, 0.1) is 0 Å². The van der Waals surface area contributed by atoms with E-state index < -0.39 is 0 Å². The van der Waals surface area contributed by atoms with Gasteiger partial charge in [0.25, 0.3) is 0 Å². The largest absolute Gasteiger partial charge is 0.493 e. The Bertz CT molecular complexity index is 482. The second-order valence-electron chi connectivity index (χ2n) is 5.52. The normalized spacial score (nSPS) is 17.9. The summed E-state index contributed by atoms with van der Waals surface area (Å²) in [5, 5.41) is 0. The number of nitrogens with two attached hydrogens (primary N) is 1. The first kappa shape index (κ1) is 15.6. The van der Waals surface area contributed by atoms with Gasteiger partial charge in [-0.05, 0) is 46.8 Å². The molecule has 1 aliphatic carbocycles. The molecule has 0 aromatic heterocycles. The van der Waals surface area contributed by atoms with E-state index in [0.717, 1.165) is 35.2 Å². The fourth-order valence-corrected chi connectivity index (χ4v) is 3.87. The third-order valence-corrected chi connectivity index (χ3v) is 4.93. The van der Waals surface area contributed by atoms with Crippen molar-refractivity contribution in [2.45, 2.75) is 51.0 Å². The molecule has 0 radical (unpaired) electrons. The molecule has 1 aliphatic rings. The molecule has 2 N–H and O–H groups in total. The van der Waals surface area contributed by atoms with Crippen molar-refractivity contribution in [2.75, 3.05) is 14.2 Å². The molecule has 0 unspecified atom stereocenters. The van der Waals surface area contributed by atoms with E-state index in [1.54, 1.807) is 14.2 Å². The summed E-state index contributed by atoms with van der Waals surface area (Å²) in [5.41, 5.74) is 8.88. The Morgan fingerprint density at radius 3 is 2.25 bits per heavy atom. The van der Waals surface area contributed by atoms with E-state index in [1.807, 2.05) is 0 Å². The van der Waals surface area contributed by atoms with Crippen LogP contribution in [0.15, 0.2) is 10.5 Å². The maximum absolute atomic E-state index is 6.72. The summed E-state index contributed by atoms with van der Waals surface area (Å²) in [4.78, 5) is 0. The minimum Gasteiger partial charge on any atom is -0.493 e. The molecule has 0 bridgehead atoms. The van der Waals surface area contributed by atoms with Crippen LogP contribution < -0.4 is 15.2 Å². The molecule has 1 aromatic rings. The first-order valence-corrected chi connectivity index (χ1v) is 8.09. The maximum atomic E-state index is 6.72. The monoisotopic (exact) mass is 341 g/mol. The van der Waals surface area contributed by atoms with Crippen LogP contribution in [-0.2, 0) is 12.0 Å². The Hall–Kier alpha value is -0.740. The molecule has 0 amide bonds. The molecular formula is C16H24BrNO2. The summed E-state index contributed by atoms with van der Waals surface area (Å²) in [7, 11) is 3.36. The number of methoxy groups -OCH3 is 2. The second kappa shape index (κ2) is 6.35. The average Bonchev–Trinajstić information content (AvgIpc) is 2.46. The minimum absolute atomic E-state index is 0.230. The number of halogens is 1. The van der Waals surface area contributed by atoms with Crippen LogP contribution in [0.25, 0.3) is 0 Å². The summed E-state index contributed by atoms with van der Waals surface area (Å²) < 4.78 is 12.0. The third kappa shape index (κ3) is 2.68. The zero-order valence-corrected chi connectivity index (χ0v) is 14.2. The van der Waals surface area contributed by atoms with Gasteiger partial charge in [-0.2, -0.15) is 0 Å². The van der Waals surface area contributed by atoms with Crippen LogP contribution in [0.4, 0.5) is 0 Å². The van der Waals surface area contributed by atoms with E-state index in [4.69, 9.17) is 15.2 Å². The van der Waals surface area contributed by atoms with E-state index >= 15 is 0 Å². The molecule has 3 nitrogen and oxygen atoms in total. The second-order valence-corrected chi connectivity index (χ2v) is 6.38. The summed E-state index contributed by atoms with van der Waals surface area (Å²) in [6.07, 6.45) is 6.66. The highest BCUT2D eigenvalue weighted by atomic mass is 79.9. The summed E-state index contributed by atoms with van der Waals surface area (Å²) in [6, 6.07) is 2.13. The molecule has 1 aromatic carbocycles. The van der Waals surface area contributed by atoms with Crippen molar-refractivity contribution in [3.05, 3.63) is 21.7 Å². The average molecular weight is 342 g/mol. The van der Waals surface area contributed by atoms with Gasteiger partial charge in [-0.25, -0.2) is 0 Å². The molecule has 1 saturated carbocycles. The number of hydrogen-bond acceptors (Lipinski definition) is 3. The maximum Gasteiger partial charge on any atom is 0.175 e. The fourth-order valence-electron chi connectivity index (χ4n) is 3.30. The Kier molecular flexibility index (Phi) is 4.97. The topological polar surface area (TPSA) is 44.5 Å². The van der Waals surface area contributed by atoms with Gasteiger partial charge in [0.1, 0.15) is 0 Å². The molecule has 0 saturated heterocycles. The van der Waals surface area contributed by atoms with E-state index in [1.165, 1.54) is 30.4 Å². The standard InChI is InChI=1S/C16H24BrNO2/c1-4-11-12(16(18)8-6-5-7-9-16)10-13(17)15(20-3)14(11)19-2/h10H,4-9,18H2,1-3H3. The van der Waals surface area contributed by atoms with Gasteiger partial charge in [-0.3, -0.25) is 0 Å². The Balaban J connectivity index is 2.60. The van der Waals surface area contributed by atoms with Gasteiger partial charge in [0.05, 0.1) is 18.7 Å². The number of rotatable bonds is 4. The molecule has 1 fully saturated rings. The first-order valence-electron chi connectivity index (χ1n) is 7.30. The number of ether oxygens (including phenoxy) is 2. The van der Waals surface area contributed by atoms with Gasteiger partial charge < -0.3 is 15.2 Å². The highest BCUT2D eigenvalue weighted by Gasteiger charge is 2.33. The molecule has 112 valence electrons. The molecule has 20 heavy (non-hydrogen) atoms. The van der Waals surface area contributed by atoms with Crippen molar-refractivity contribution in [1.82, 2.24) is 0 Å². The quantitative estimate of drug-likeness (QED) is 0.894. The first-order chi connectivity index (χ1) is 9.57. The van der Waals surface area contributed by atoms with E-state index in [2.05, 4.69) is 28.9 Å². The minimum atomic E-state index is -0.230. The van der Waals surface area contributed by atoms with Gasteiger partial charge in [-0.1, -0.05) is 26.2 Å². The van der Waals surface area contributed by atoms with Crippen molar-refractivity contribution in [1.29, 1.82) is 0 Å². The summed E-state index contributed by atoms with van der Waals surface area (Å²) >= 11 is 3.59. The summed E-state index contributed by atoms with van der Waals surface area (Å²) in [5.74, 6) is 1.57. The van der Waals surface area contributed by atoms with Crippen LogP contribution in [-0.4, -0.2) is 14.2 Å². The molecule has 0 spiro atoms. The van der Waals surface area contributed by atoms with Crippen molar-refractivity contribution in [3.8, 4) is 11.5 Å². The molecular weight excluding hydrogens is 318 g/mol. The van der Waals surface area contributed by atoms with Crippen molar-refractivity contribution in [2.24, 2.45) is 5.73 Å². The van der Waals surface area contributed by atoms with Crippen LogP contribution in [0.5, 0.6) is 11.5 Å². The predicted octanol–water partition coefficient (Wildman–Crippen LogP) is 4.15. The Morgan fingerprint density at radius 1 is 1.15 bits per heavy atom. The van der Waals surface area contributed by atoms with E-state index in [0.29, 0.717) is 0 Å². The van der Waals surface area contributed by atoms with Crippen LogP contribution in [0.3, 0.4) is 0 Å². The highest BCUT2D eigenvalue weighted by Crippen LogP contribution is 2.46. The number of hydrogen-bond donors (Lipinski definition) is 1. The lowest BCUT2D eigenvalue weighted by atomic mass is 9.75. The van der Waals surface area contributed by atoms with Crippen LogP contribution in [0.2, 0.25) is 0 Å². The zero-order chi connectivity index (χ0) is 14.8. The molecule has 0 atom stereocenters. The zero-order valence-electron chi connectivity index (χ0n) is 12.6. The lowest BCUT2D eigenvalue weighted by Gasteiger charge is -2.36. The highest BCUT2D eigenvalue weighted by molar-refractivity contribution is 9.10. The van der Waals surface area contributed by atoms with Gasteiger partial charge in [-0.15, -0.1) is 0 Å². The smallest absolute Gasteiger partial charge is 0.175 e. The van der Waals surface area contributed by atoms with Gasteiger partial charge in [0, 0.05) is 11.1 Å². The van der Waals surface area contributed by atoms with Gasteiger partial charge >= 0.3 is 0 Å². The molecule has 2 rings (SSSR count). The number of benzene rings is 1. The SMILES string of the molecule is CCc1c(C2(N)CCCCC2)cc(Br)c(OC)c1OC. The molecule has 0 heterocycles. The predicted molar refractivity (Wildman–Crippen MR) is 85.6 cm³/mol. The van der Waals surface area contributed by atoms with Gasteiger partial charge in [0.2, 0.25) is 0 Å². The Morgan fingerprint density at radius 2 is 1.75 bits per heavy atom. The lowest BCUT2D eigenvalue weighted by Crippen LogP contribution is -2.39.